The van der Waals surface area contributed by atoms with Crippen molar-refractivity contribution in [1.82, 2.24) is 0 Å². The lowest BCUT2D eigenvalue weighted by molar-refractivity contribution is 0.0116. The van der Waals surface area contributed by atoms with Gasteiger partial charge in [-0.25, -0.2) is 0 Å². The minimum Gasteiger partial charge on any atom is -0.0704 e. The third-order valence-corrected chi connectivity index (χ3v) is 8.31. The zero-order valence-electron chi connectivity index (χ0n) is 14.5. The maximum Gasteiger partial charge on any atom is -0.0169 e. The summed E-state index contributed by atoms with van der Waals surface area (Å²) in [6.07, 6.45) is 14.9. The fraction of sp³-hybridized carbons (Fsp3) is 0.905. The van der Waals surface area contributed by atoms with Crippen LogP contribution in [0.5, 0.6) is 0 Å². The van der Waals surface area contributed by atoms with Crippen molar-refractivity contribution >= 4 is 0 Å². The first-order valence-corrected chi connectivity index (χ1v) is 9.84. The van der Waals surface area contributed by atoms with Crippen molar-refractivity contribution in [2.45, 2.75) is 85.0 Å². The Morgan fingerprint density at radius 1 is 1.05 bits per heavy atom. The summed E-state index contributed by atoms with van der Waals surface area (Å²) in [5.74, 6) is 5.13. The van der Waals surface area contributed by atoms with Gasteiger partial charge in [0, 0.05) is 0 Å². The molecule has 4 aliphatic carbocycles. The highest BCUT2D eigenvalue weighted by Crippen LogP contribution is 2.63. The third-order valence-electron chi connectivity index (χ3n) is 8.31. The van der Waals surface area contributed by atoms with Gasteiger partial charge in [0.15, 0.2) is 0 Å². The molecule has 0 aromatic rings. The van der Waals surface area contributed by atoms with E-state index in [4.69, 9.17) is 0 Å². The van der Waals surface area contributed by atoms with Gasteiger partial charge in [-0.15, -0.1) is 0 Å². The van der Waals surface area contributed by atoms with Crippen LogP contribution in [0, 0.1) is 35.0 Å². The van der Waals surface area contributed by atoms with E-state index in [2.05, 4.69) is 20.8 Å². The van der Waals surface area contributed by atoms with E-state index in [1.165, 1.54) is 57.8 Å². The van der Waals surface area contributed by atoms with E-state index in [1.54, 1.807) is 6.42 Å². The molecule has 0 aromatic carbocycles. The second-order valence-electron chi connectivity index (χ2n) is 9.12. The van der Waals surface area contributed by atoms with Crippen molar-refractivity contribution in [2.75, 3.05) is 0 Å². The first-order valence-electron chi connectivity index (χ1n) is 9.84. The molecule has 0 radical (unpaired) electrons. The molecule has 0 amide bonds. The molecule has 0 N–H and O–H groups in total. The first kappa shape index (κ1) is 14.3. The standard InChI is InChI=1S/C21H34/c1-4-16-7-10-20-19-9-6-15-13-14(2)5-8-17(15)18(19)11-12-21(16,20)3/h14,16,18-20H,4-13H2,1-3H3/t14?,16-,18?,19?,20?,21+/m0/s1. The molecule has 118 valence electrons. The molecule has 2 saturated carbocycles. The molecule has 0 heterocycles. The van der Waals surface area contributed by atoms with Crippen LogP contribution in [-0.4, -0.2) is 0 Å². The van der Waals surface area contributed by atoms with Crippen molar-refractivity contribution < 1.29 is 0 Å². The van der Waals surface area contributed by atoms with Crippen LogP contribution in [0.1, 0.15) is 85.0 Å². The fourth-order valence-electron chi connectivity index (χ4n) is 7.19. The average Bonchev–Trinajstić information content (AvgIpc) is 2.83. The van der Waals surface area contributed by atoms with E-state index in [-0.39, 0.29) is 0 Å². The third kappa shape index (κ3) is 2.07. The minimum atomic E-state index is 0.704. The Balaban J connectivity index is 1.62. The Kier molecular flexibility index (Phi) is 3.51. The number of rotatable bonds is 1. The molecule has 0 nitrogen and oxygen atoms in total. The second kappa shape index (κ2) is 5.14. The average molecular weight is 287 g/mol. The van der Waals surface area contributed by atoms with Crippen LogP contribution in [0.3, 0.4) is 0 Å². The first-order chi connectivity index (χ1) is 10.1. The molecule has 0 spiro atoms. The zero-order valence-corrected chi connectivity index (χ0v) is 14.5. The summed E-state index contributed by atoms with van der Waals surface area (Å²) in [5, 5.41) is 0. The molecule has 4 aliphatic rings. The molecule has 4 unspecified atom stereocenters. The molecule has 4 rings (SSSR count). The summed E-state index contributed by atoms with van der Waals surface area (Å²) < 4.78 is 0. The second-order valence-corrected chi connectivity index (χ2v) is 9.12. The molecule has 0 aromatic heterocycles. The van der Waals surface area contributed by atoms with Crippen LogP contribution < -0.4 is 0 Å². The Bertz CT molecular complexity index is 445. The number of allylic oxidation sites excluding steroid dienone is 2. The maximum atomic E-state index is 2.67. The molecule has 0 saturated heterocycles. The molecular weight excluding hydrogens is 252 g/mol. The lowest BCUT2D eigenvalue weighted by Crippen LogP contribution is -2.43. The highest BCUT2D eigenvalue weighted by atomic mass is 14.6. The van der Waals surface area contributed by atoms with Crippen molar-refractivity contribution in [3.05, 3.63) is 11.1 Å². The van der Waals surface area contributed by atoms with Gasteiger partial charge in [0.25, 0.3) is 0 Å². The molecular formula is C21H34. The van der Waals surface area contributed by atoms with Crippen LogP contribution >= 0.6 is 0 Å². The molecule has 0 heteroatoms. The smallest absolute Gasteiger partial charge is 0.0169 e. The molecule has 0 bridgehead atoms. The number of hydrogen-bond acceptors (Lipinski definition) is 0. The molecule has 6 atom stereocenters. The quantitative estimate of drug-likeness (QED) is 0.492. The Morgan fingerprint density at radius 2 is 1.90 bits per heavy atom. The Morgan fingerprint density at radius 3 is 2.71 bits per heavy atom. The largest absolute Gasteiger partial charge is 0.0704 e. The molecule has 2 fully saturated rings. The minimum absolute atomic E-state index is 0.704. The number of fused-ring (bicyclic) bond motifs is 4. The lowest BCUT2D eigenvalue weighted by atomic mass is 9.53. The summed E-state index contributed by atoms with van der Waals surface area (Å²) in [5.41, 5.74) is 4.60. The maximum absolute atomic E-state index is 2.67. The van der Waals surface area contributed by atoms with E-state index in [9.17, 15) is 0 Å². The van der Waals surface area contributed by atoms with Gasteiger partial charge in [-0.3, -0.25) is 0 Å². The summed E-state index contributed by atoms with van der Waals surface area (Å²) in [4.78, 5) is 0. The lowest BCUT2D eigenvalue weighted by Gasteiger charge is -2.52. The van der Waals surface area contributed by atoms with Gasteiger partial charge in [0.1, 0.15) is 0 Å². The van der Waals surface area contributed by atoms with Crippen molar-refractivity contribution in [1.29, 1.82) is 0 Å². The predicted octanol–water partition coefficient (Wildman–Crippen LogP) is 6.37. The van der Waals surface area contributed by atoms with E-state index in [1.807, 2.05) is 11.1 Å². The van der Waals surface area contributed by atoms with Crippen molar-refractivity contribution in [3.8, 4) is 0 Å². The van der Waals surface area contributed by atoms with Gasteiger partial charge >= 0.3 is 0 Å². The summed E-state index contributed by atoms with van der Waals surface area (Å²) >= 11 is 0. The van der Waals surface area contributed by atoms with Crippen LogP contribution in [0.15, 0.2) is 11.1 Å². The van der Waals surface area contributed by atoms with Crippen LogP contribution in [0.2, 0.25) is 0 Å². The van der Waals surface area contributed by atoms with E-state index in [0.29, 0.717) is 5.41 Å². The van der Waals surface area contributed by atoms with Crippen molar-refractivity contribution in [2.24, 2.45) is 35.0 Å². The number of hydrogen-bond donors (Lipinski definition) is 0. The van der Waals surface area contributed by atoms with Crippen LogP contribution in [0.4, 0.5) is 0 Å². The monoisotopic (exact) mass is 286 g/mol. The summed E-state index contributed by atoms with van der Waals surface area (Å²) in [6, 6.07) is 0. The van der Waals surface area contributed by atoms with Gasteiger partial charge in [-0.1, -0.05) is 38.3 Å². The Labute approximate surface area is 131 Å². The fourth-order valence-corrected chi connectivity index (χ4v) is 7.19. The summed E-state index contributed by atoms with van der Waals surface area (Å²) in [6.45, 7) is 7.58. The normalized spacial score (nSPS) is 49.6. The molecule has 21 heavy (non-hydrogen) atoms. The van der Waals surface area contributed by atoms with Gasteiger partial charge in [0.05, 0.1) is 0 Å². The van der Waals surface area contributed by atoms with E-state index in [0.717, 1.165) is 29.6 Å². The van der Waals surface area contributed by atoms with Crippen molar-refractivity contribution in [3.63, 3.8) is 0 Å². The topological polar surface area (TPSA) is 0 Å². The predicted molar refractivity (Wildman–Crippen MR) is 90.1 cm³/mol. The SMILES string of the molecule is CC[C@H]1CCC2C3CCC4=C(CCC(C)C4)C3CC[C@@]21C. The highest BCUT2D eigenvalue weighted by Gasteiger charge is 2.54. The van der Waals surface area contributed by atoms with Crippen LogP contribution in [-0.2, 0) is 0 Å². The zero-order chi connectivity index (χ0) is 14.6. The highest BCUT2D eigenvalue weighted by molar-refractivity contribution is 5.26. The van der Waals surface area contributed by atoms with Gasteiger partial charge in [-0.2, -0.15) is 0 Å². The Hall–Kier alpha value is -0.260. The van der Waals surface area contributed by atoms with Gasteiger partial charge in [0.2, 0.25) is 0 Å². The summed E-state index contributed by atoms with van der Waals surface area (Å²) in [7, 11) is 0. The molecule has 0 aliphatic heterocycles. The van der Waals surface area contributed by atoms with Crippen LogP contribution in [0.25, 0.3) is 0 Å². The van der Waals surface area contributed by atoms with Gasteiger partial charge < -0.3 is 0 Å². The van der Waals surface area contributed by atoms with Gasteiger partial charge in [-0.05, 0) is 92.8 Å². The van der Waals surface area contributed by atoms with E-state index < -0.39 is 0 Å². The van der Waals surface area contributed by atoms with E-state index >= 15 is 0 Å².